The lowest BCUT2D eigenvalue weighted by Gasteiger charge is -2.04. The van der Waals surface area contributed by atoms with Crippen LogP contribution in [0.3, 0.4) is 0 Å². The largest absolute Gasteiger partial charge is 0.478 e. The van der Waals surface area contributed by atoms with E-state index < -0.39 is 5.97 Å². The fraction of sp³-hybridized carbons (Fsp3) is 0.267. The molecule has 1 aliphatic rings. The summed E-state index contributed by atoms with van der Waals surface area (Å²) >= 11 is 1.41. The number of nitrogens with zero attached hydrogens (tertiary/aromatic N) is 1. The quantitative estimate of drug-likeness (QED) is 0.668. The summed E-state index contributed by atoms with van der Waals surface area (Å²) in [6.45, 7) is 0. The maximum absolute atomic E-state index is 11.9. The predicted octanol–water partition coefficient (Wildman–Crippen LogP) is 2.25. The van der Waals surface area contributed by atoms with E-state index in [1.54, 1.807) is 18.2 Å². The Hall–Kier alpha value is -2.08. The average molecular weight is 302 g/mol. The zero-order chi connectivity index (χ0) is 14.8. The summed E-state index contributed by atoms with van der Waals surface area (Å²) in [5, 5.41) is 9.57. The number of thioether (sulfide) groups is 1. The molecule has 108 valence electrons. The molecule has 1 heterocycles. The number of H-pyrrole nitrogens is 1. The molecule has 0 unspecified atom stereocenters. The Morgan fingerprint density at radius 1 is 1.38 bits per heavy atom. The van der Waals surface area contributed by atoms with Crippen molar-refractivity contribution in [3.63, 3.8) is 0 Å². The Balaban J connectivity index is 1.76. The SMILES string of the molecule is O=C(O)c1cccc(CSc2nc3c(c(=O)[nH]2)CCC3)c1. The van der Waals surface area contributed by atoms with Gasteiger partial charge in [0.1, 0.15) is 0 Å². The summed E-state index contributed by atoms with van der Waals surface area (Å²) in [7, 11) is 0. The van der Waals surface area contributed by atoms with Crippen LogP contribution in [0.4, 0.5) is 0 Å². The molecule has 0 amide bonds. The van der Waals surface area contributed by atoms with Gasteiger partial charge in [0.2, 0.25) is 0 Å². The summed E-state index contributed by atoms with van der Waals surface area (Å²) < 4.78 is 0. The Labute approximate surface area is 125 Å². The van der Waals surface area contributed by atoms with Crippen molar-refractivity contribution in [1.82, 2.24) is 9.97 Å². The van der Waals surface area contributed by atoms with Crippen molar-refractivity contribution < 1.29 is 9.90 Å². The third-order valence-electron chi connectivity index (χ3n) is 3.47. The van der Waals surface area contributed by atoms with E-state index in [1.807, 2.05) is 6.07 Å². The van der Waals surface area contributed by atoms with Gasteiger partial charge >= 0.3 is 5.97 Å². The standard InChI is InChI=1S/C15H14N2O3S/c18-13-11-5-2-6-12(11)16-15(17-13)21-8-9-3-1-4-10(7-9)14(19)20/h1,3-4,7H,2,5-6,8H2,(H,19,20)(H,16,17,18). The van der Waals surface area contributed by atoms with Crippen molar-refractivity contribution >= 4 is 17.7 Å². The lowest BCUT2D eigenvalue weighted by molar-refractivity contribution is 0.0697. The van der Waals surface area contributed by atoms with Crippen molar-refractivity contribution in [2.45, 2.75) is 30.2 Å². The second-order valence-electron chi connectivity index (χ2n) is 4.94. The van der Waals surface area contributed by atoms with Crippen LogP contribution in [0.5, 0.6) is 0 Å². The first kappa shape index (κ1) is 13.9. The van der Waals surface area contributed by atoms with Crippen LogP contribution in [0.1, 0.15) is 33.6 Å². The maximum atomic E-state index is 11.9. The number of hydrogen-bond donors (Lipinski definition) is 2. The van der Waals surface area contributed by atoms with Crippen molar-refractivity contribution in [3.05, 3.63) is 57.0 Å². The molecule has 0 bridgehead atoms. The highest BCUT2D eigenvalue weighted by atomic mass is 32.2. The molecule has 3 rings (SSSR count). The number of aromatic nitrogens is 2. The Morgan fingerprint density at radius 2 is 2.24 bits per heavy atom. The summed E-state index contributed by atoms with van der Waals surface area (Å²) in [6.07, 6.45) is 2.66. The molecule has 5 nitrogen and oxygen atoms in total. The number of nitrogens with one attached hydrogen (secondary N) is 1. The fourth-order valence-corrected chi connectivity index (χ4v) is 3.26. The molecule has 1 aromatic carbocycles. The van der Waals surface area contributed by atoms with E-state index in [4.69, 9.17) is 5.11 Å². The second kappa shape index (κ2) is 5.73. The van der Waals surface area contributed by atoms with Crippen molar-refractivity contribution in [3.8, 4) is 0 Å². The molecule has 0 aliphatic heterocycles. The predicted molar refractivity (Wildman–Crippen MR) is 79.8 cm³/mol. The Kier molecular flexibility index (Phi) is 3.79. The monoisotopic (exact) mass is 302 g/mol. The zero-order valence-electron chi connectivity index (χ0n) is 11.3. The molecule has 0 spiro atoms. The van der Waals surface area contributed by atoms with Gasteiger partial charge in [0.25, 0.3) is 5.56 Å². The third kappa shape index (κ3) is 3.00. The highest BCUT2D eigenvalue weighted by Crippen LogP contribution is 2.22. The summed E-state index contributed by atoms with van der Waals surface area (Å²) in [6, 6.07) is 6.79. The van der Waals surface area contributed by atoms with Gasteiger partial charge in [0, 0.05) is 11.3 Å². The van der Waals surface area contributed by atoms with E-state index in [2.05, 4.69) is 9.97 Å². The molecule has 0 radical (unpaired) electrons. The van der Waals surface area contributed by atoms with Gasteiger partial charge in [-0.2, -0.15) is 0 Å². The molecule has 0 atom stereocenters. The van der Waals surface area contributed by atoms with Crippen molar-refractivity contribution in [1.29, 1.82) is 0 Å². The minimum atomic E-state index is -0.939. The van der Waals surface area contributed by atoms with Gasteiger partial charge in [-0.15, -0.1) is 0 Å². The number of aryl methyl sites for hydroxylation is 1. The first-order chi connectivity index (χ1) is 10.1. The van der Waals surface area contributed by atoms with Crippen molar-refractivity contribution in [2.75, 3.05) is 0 Å². The van der Waals surface area contributed by atoms with Crippen LogP contribution in [0, 0.1) is 0 Å². The van der Waals surface area contributed by atoms with Crippen LogP contribution in [0.2, 0.25) is 0 Å². The van der Waals surface area contributed by atoms with E-state index in [1.165, 1.54) is 11.8 Å². The highest BCUT2D eigenvalue weighted by molar-refractivity contribution is 7.98. The number of hydrogen-bond acceptors (Lipinski definition) is 4. The second-order valence-corrected chi connectivity index (χ2v) is 5.91. The van der Waals surface area contributed by atoms with Gasteiger partial charge in [0.15, 0.2) is 5.16 Å². The molecule has 2 N–H and O–H groups in total. The molecule has 2 aromatic rings. The smallest absolute Gasteiger partial charge is 0.335 e. The molecule has 21 heavy (non-hydrogen) atoms. The molecule has 6 heteroatoms. The first-order valence-electron chi connectivity index (χ1n) is 6.70. The number of rotatable bonds is 4. The van der Waals surface area contributed by atoms with Crippen LogP contribution < -0.4 is 5.56 Å². The molecule has 0 saturated carbocycles. The molecule has 0 saturated heterocycles. The minimum absolute atomic E-state index is 0.0423. The van der Waals surface area contributed by atoms with Crippen LogP contribution in [0.15, 0.2) is 34.2 Å². The summed E-state index contributed by atoms with van der Waals surface area (Å²) in [5.74, 6) is -0.367. The first-order valence-corrected chi connectivity index (χ1v) is 7.69. The number of carboxylic acid groups (broad SMARTS) is 1. The van der Waals surface area contributed by atoms with Gasteiger partial charge in [0.05, 0.1) is 11.3 Å². The Bertz CT molecular complexity index is 755. The van der Waals surface area contributed by atoms with Gasteiger partial charge in [-0.3, -0.25) is 4.79 Å². The van der Waals surface area contributed by atoms with Crippen LogP contribution >= 0.6 is 11.8 Å². The van der Waals surface area contributed by atoms with E-state index in [-0.39, 0.29) is 11.1 Å². The van der Waals surface area contributed by atoms with Crippen LogP contribution in [-0.4, -0.2) is 21.0 Å². The molecule has 0 fully saturated rings. The molecule has 1 aromatic heterocycles. The van der Waals surface area contributed by atoms with Crippen LogP contribution in [-0.2, 0) is 18.6 Å². The number of carboxylic acids is 1. The zero-order valence-corrected chi connectivity index (χ0v) is 12.1. The summed E-state index contributed by atoms with van der Waals surface area (Å²) in [5.41, 5.74) is 2.83. The molecular formula is C15H14N2O3S. The minimum Gasteiger partial charge on any atom is -0.478 e. The van der Waals surface area contributed by atoms with E-state index in [9.17, 15) is 9.59 Å². The number of fused-ring (bicyclic) bond motifs is 1. The van der Waals surface area contributed by atoms with Gasteiger partial charge in [-0.1, -0.05) is 23.9 Å². The average Bonchev–Trinajstić information content (AvgIpc) is 2.94. The molecule has 1 aliphatic carbocycles. The fourth-order valence-electron chi connectivity index (χ4n) is 2.43. The highest BCUT2D eigenvalue weighted by Gasteiger charge is 2.17. The van der Waals surface area contributed by atoms with Gasteiger partial charge in [-0.25, -0.2) is 9.78 Å². The van der Waals surface area contributed by atoms with E-state index in [0.717, 1.165) is 36.1 Å². The van der Waals surface area contributed by atoms with Crippen molar-refractivity contribution in [2.24, 2.45) is 0 Å². The summed E-state index contributed by atoms with van der Waals surface area (Å²) in [4.78, 5) is 30.1. The normalized spacial score (nSPS) is 13.1. The molecular weight excluding hydrogens is 288 g/mol. The van der Waals surface area contributed by atoms with Crippen LogP contribution in [0.25, 0.3) is 0 Å². The van der Waals surface area contributed by atoms with Gasteiger partial charge < -0.3 is 10.1 Å². The number of aromatic carboxylic acids is 1. The Morgan fingerprint density at radius 3 is 3.05 bits per heavy atom. The van der Waals surface area contributed by atoms with E-state index in [0.29, 0.717) is 10.9 Å². The number of benzene rings is 1. The lowest BCUT2D eigenvalue weighted by Crippen LogP contribution is -2.14. The van der Waals surface area contributed by atoms with Gasteiger partial charge in [-0.05, 0) is 37.0 Å². The topological polar surface area (TPSA) is 83.0 Å². The maximum Gasteiger partial charge on any atom is 0.335 e. The third-order valence-corrected chi connectivity index (χ3v) is 4.41. The number of aromatic amines is 1. The lowest BCUT2D eigenvalue weighted by atomic mass is 10.1. The number of carbonyl (C=O) groups is 1. The van der Waals surface area contributed by atoms with E-state index >= 15 is 0 Å².